The van der Waals surface area contributed by atoms with Gasteiger partial charge in [0.2, 0.25) is 5.91 Å². The van der Waals surface area contributed by atoms with Crippen LogP contribution in [0.4, 0.5) is 5.69 Å². The molecule has 1 rings (SSSR count). The number of anilines is 1. The summed E-state index contributed by atoms with van der Waals surface area (Å²) in [5.74, 6) is -0.0628. The molecule has 1 aromatic rings. The van der Waals surface area contributed by atoms with Gasteiger partial charge in [0.15, 0.2) is 0 Å². The molecule has 1 N–H and O–H groups in total. The first kappa shape index (κ1) is 11.9. The number of carbonyl (C=O) groups excluding carboxylic acids is 1. The first-order chi connectivity index (χ1) is 6.99. The van der Waals surface area contributed by atoms with Crippen molar-refractivity contribution in [3.63, 3.8) is 0 Å². The van der Waals surface area contributed by atoms with Crippen molar-refractivity contribution in [3.8, 4) is 0 Å². The zero-order valence-corrected chi connectivity index (χ0v) is 9.80. The number of nitrogens with zero attached hydrogens (tertiary/aromatic N) is 2. The van der Waals surface area contributed by atoms with Crippen molar-refractivity contribution in [2.45, 2.75) is 6.92 Å². The lowest BCUT2D eigenvalue weighted by Gasteiger charge is -2.11. The molecule has 82 valence electrons. The van der Waals surface area contributed by atoms with Gasteiger partial charge in [-0.15, -0.1) is 0 Å². The van der Waals surface area contributed by atoms with Crippen LogP contribution in [0.3, 0.4) is 0 Å². The summed E-state index contributed by atoms with van der Waals surface area (Å²) in [5, 5.41) is 3.20. The van der Waals surface area contributed by atoms with E-state index in [2.05, 4.69) is 10.3 Å². The van der Waals surface area contributed by atoms with Crippen LogP contribution in [0.1, 0.15) is 5.69 Å². The summed E-state index contributed by atoms with van der Waals surface area (Å²) in [6, 6.07) is 3.40. The first-order valence-electron chi connectivity index (χ1n) is 4.57. The third-order valence-corrected chi connectivity index (χ3v) is 2.00. The summed E-state index contributed by atoms with van der Waals surface area (Å²) in [7, 11) is 3.68. The van der Waals surface area contributed by atoms with Crippen molar-refractivity contribution < 1.29 is 4.79 Å². The zero-order valence-electron chi connectivity index (χ0n) is 9.04. The van der Waals surface area contributed by atoms with Crippen molar-refractivity contribution >= 4 is 23.2 Å². The van der Waals surface area contributed by atoms with Gasteiger partial charge in [-0.25, -0.2) is 4.98 Å². The average molecular weight is 228 g/mol. The molecule has 1 aromatic heterocycles. The Balaban J connectivity index is 2.68. The second-order valence-electron chi connectivity index (χ2n) is 3.55. The normalized spacial score (nSPS) is 10.5. The first-order valence-corrected chi connectivity index (χ1v) is 4.94. The molecular formula is C10H14ClN3O. The van der Waals surface area contributed by atoms with Crippen LogP contribution in [0.15, 0.2) is 12.1 Å². The van der Waals surface area contributed by atoms with Gasteiger partial charge in [0, 0.05) is 0 Å². The summed E-state index contributed by atoms with van der Waals surface area (Å²) in [5.41, 5.74) is 1.42. The highest BCUT2D eigenvalue weighted by Crippen LogP contribution is 2.15. The minimum atomic E-state index is -0.0628. The summed E-state index contributed by atoms with van der Waals surface area (Å²) < 4.78 is 0. The Bertz CT molecular complexity index is 366. The third-order valence-electron chi connectivity index (χ3n) is 1.79. The Morgan fingerprint density at radius 2 is 2.20 bits per heavy atom. The number of nitrogens with one attached hydrogen (secondary N) is 1. The highest BCUT2D eigenvalue weighted by molar-refractivity contribution is 6.29. The second-order valence-corrected chi connectivity index (χ2v) is 3.94. The Labute approximate surface area is 94.3 Å². The number of pyridine rings is 1. The molecule has 0 aliphatic rings. The van der Waals surface area contributed by atoms with Gasteiger partial charge in [-0.05, 0) is 33.2 Å². The van der Waals surface area contributed by atoms with Crippen molar-refractivity contribution in [2.24, 2.45) is 0 Å². The summed E-state index contributed by atoms with van der Waals surface area (Å²) in [4.78, 5) is 17.3. The lowest BCUT2D eigenvalue weighted by atomic mass is 10.3. The maximum atomic E-state index is 11.4. The SMILES string of the molecule is Cc1nc(Cl)ccc1NC(=O)CN(C)C. The summed E-state index contributed by atoms with van der Waals surface area (Å²) >= 11 is 5.71. The van der Waals surface area contributed by atoms with Crippen LogP contribution in [0.5, 0.6) is 0 Å². The van der Waals surface area contributed by atoms with Crippen molar-refractivity contribution in [1.29, 1.82) is 0 Å². The van der Waals surface area contributed by atoms with Gasteiger partial charge in [0.1, 0.15) is 5.15 Å². The van der Waals surface area contributed by atoms with Gasteiger partial charge in [-0.1, -0.05) is 11.6 Å². The zero-order chi connectivity index (χ0) is 11.4. The van der Waals surface area contributed by atoms with Gasteiger partial charge in [0.05, 0.1) is 17.9 Å². The Hall–Kier alpha value is -1.13. The van der Waals surface area contributed by atoms with E-state index in [0.717, 1.165) is 5.69 Å². The van der Waals surface area contributed by atoms with E-state index in [9.17, 15) is 4.79 Å². The van der Waals surface area contributed by atoms with Gasteiger partial charge >= 0.3 is 0 Å². The van der Waals surface area contributed by atoms with E-state index in [1.54, 1.807) is 24.0 Å². The fraction of sp³-hybridized carbons (Fsp3) is 0.400. The van der Waals surface area contributed by atoms with Gasteiger partial charge in [-0.2, -0.15) is 0 Å². The number of aryl methyl sites for hydroxylation is 1. The summed E-state index contributed by atoms with van der Waals surface area (Å²) in [6.45, 7) is 2.15. The predicted molar refractivity (Wildman–Crippen MR) is 61.2 cm³/mol. The second kappa shape index (κ2) is 5.09. The van der Waals surface area contributed by atoms with E-state index < -0.39 is 0 Å². The molecule has 0 spiro atoms. The number of hydrogen-bond donors (Lipinski definition) is 1. The highest BCUT2D eigenvalue weighted by atomic mass is 35.5. The molecule has 0 aliphatic carbocycles. The molecule has 0 aromatic carbocycles. The summed E-state index contributed by atoms with van der Waals surface area (Å²) in [6.07, 6.45) is 0. The Kier molecular flexibility index (Phi) is 4.05. The molecule has 4 nitrogen and oxygen atoms in total. The van der Waals surface area contributed by atoms with Gasteiger partial charge < -0.3 is 10.2 Å². The Morgan fingerprint density at radius 3 is 2.73 bits per heavy atom. The van der Waals surface area contributed by atoms with Crippen LogP contribution in [-0.4, -0.2) is 36.4 Å². The molecule has 0 fully saturated rings. The maximum absolute atomic E-state index is 11.4. The van der Waals surface area contributed by atoms with Crippen LogP contribution in [0.2, 0.25) is 5.15 Å². The van der Waals surface area contributed by atoms with E-state index in [1.807, 2.05) is 14.1 Å². The quantitative estimate of drug-likeness (QED) is 0.797. The van der Waals surface area contributed by atoms with Crippen molar-refractivity contribution in [1.82, 2.24) is 9.88 Å². The van der Waals surface area contributed by atoms with E-state index >= 15 is 0 Å². The molecule has 0 radical (unpaired) electrons. The van der Waals surface area contributed by atoms with Crippen LogP contribution in [0, 0.1) is 6.92 Å². The molecule has 0 bridgehead atoms. The molecule has 0 aliphatic heterocycles. The molecule has 0 unspecified atom stereocenters. The fourth-order valence-corrected chi connectivity index (χ4v) is 1.33. The number of hydrogen-bond acceptors (Lipinski definition) is 3. The van der Waals surface area contributed by atoms with Crippen LogP contribution in [-0.2, 0) is 4.79 Å². The number of halogens is 1. The molecule has 5 heteroatoms. The van der Waals surface area contributed by atoms with Gasteiger partial charge in [-0.3, -0.25) is 4.79 Å². The standard InChI is InChI=1S/C10H14ClN3O/c1-7-8(4-5-9(11)12-7)13-10(15)6-14(2)3/h4-5H,6H2,1-3H3,(H,13,15). The van der Waals surface area contributed by atoms with Crippen LogP contribution < -0.4 is 5.32 Å². The molecule has 1 heterocycles. The molecule has 0 saturated carbocycles. The van der Waals surface area contributed by atoms with E-state index in [-0.39, 0.29) is 5.91 Å². The lowest BCUT2D eigenvalue weighted by molar-refractivity contribution is -0.116. The van der Waals surface area contributed by atoms with Gasteiger partial charge in [0.25, 0.3) is 0 Å². The smallest absolute Gasteiger partial charge is 0.238 e. The fourth-order valence-electron chi connectivity index (χ4n) is 1.14. The van der Waals surface area contributed by atoms with E-state index in [4.69, 9.17) is 11.6 Å². The monoisotopic (exact) mass is 227 g/mol. The minimum absolute atomic E-state index is 0.0628. The molecule has 1 amide bonds. The van der Waals surface area contributed by atoms with Crippen LogP contribution in [0.25, 0.3) is 0 Å². The number of amides is 1. The number of carbonyl (C=O) groups is 1. The maximum Gasteiger partial charge on any atom is 0.238 e. The van der Waals surface area contributed by atoms with E-state index in [0.29, 0.717) is 17.4 Å². The average Bonchev–Trinajstić information content (AvgIpc) is 2.08. The molecule has 0 saturated heterocycles. The minimum Gasteiger partial charge on any atom is -0.323 e. The number of rotatable bonds is 3. The van der Waals surface area contributed by atoms with E-state index in [1.165, 1.54) is 0 Å². The highest BCUT2D eigenvalue weighted by Gasteiger charge is 2.06. The third kappa shape index (κ3) is 3.85. The predicted octanol–water partition coefficient (Wildman–Crippen LogP) is 1.54. The number of aromatic nitrogens is 1. The largest absolute Gasteiger partial charge is 0.323 e. The number of likely N-dealkylation sites (N-methyl/N-ethyl adjacent to an activating group) is 1. The van der Waals surface area contributed by atoms with Crippen molar-refractivity contribution in [2.75, 3.05) is 26.0 Å². The molecule has 15 heavy (non-hydrogen) atoms. The Morgan fingerprint density at radius 1 is 1.53 bits per heavy atom. The lowest BCUT2D eigenvalue weighted by Crippen LogP contribution is -2.27. The molecular weight excluding hydrogens is 214 g/mol. The molecule has 0 atom stereocenters. The topological polar surface area (TPSA) is 45.2 Å². The van der Waals surface area contributed by atoms with Crippen molar-refractivity contribution in [3.05, 3.63) is 23.0 Å². The van der Waals surface area contributed by atoms with Crippen LogP contribution >= 0.6 is 11.6 Å².